The van der Waals surface area contributed by atoms with Crippen LogP contribution < -0.4 is 5.32 Å². The number of carbonyl (C=O) groups is 1. The van der Waals surface area contributed by atoms with Gasteiger partial charge in [-0.3, -0.25) is 4.79 Å². The summed E-state index contributed by atoms with van der Waals surface area (Å²) in [5, 5.41) is 17.2. The molecule has 2 aromatic heterocycles. The minimum absolute atomic E-state index is 0.264. The summed E-state index contributed by atoms with van der Waals surface area (Å²) in [5.74, 6) is -0.860. The topological polar surface area (TPSA) is 62.2 Å². The number of hydrogen-bond donors (Lipinski definition) is 2. The number of aliphatic carboxylic acids is 1. The quantitative estimate of drug-likeness (QED) is 0.855. The van der Waals surface area contributed by atoms with Crippen molar-refractivity contribution in [3.05, 3.63) is 33.5 Å². The Morgan fingerprint density at radius 1 is 1.50 bits per heavy atom. The first kappa shape index (κ1) is 15.0. The molecule has 2 rings (SSSR count). The van der Waals surface area contributed by atoms with E-state index in [2.05, 4.69) is 28.7 Å². The highest BCUT2D eigenvalue weighted by Crippen LogP contribution is 2.28. The van der Waals surface area contributed by atoms with E-state index in [1.54, 1.807) is 25.2 Å². The molecular weight excluding hydrogens is 292 g/mol. The van der Waals surface area contributed by atoms with Crippen molar-refractivity contribution in [2.24, 2.45) is 0 Å². The summed E-state index contributed by atoms with van der Waals surface area (Å²) in [6, 6.07) is 4.42. The highest BCUT2D eigenvalue weighted by molar-refractivity contribution is 7.13. The molecule has 0 aromatic carbocycles. The maximum atomic E-state index is 11.2. The molecule has 0 spiro atoms. The van der Waals surface area contributed by atoms with Crippen molar-refractivity contribution in [3.8, 4) is 0 Å². The van der Waals surface area contributed by atoms with E-state index in [0.717, 1.165) is 11.6 Å². The Kier molecular flexibility index (Phi) is 4.45. The van der Waals surface area contributed by atoms with Gasteiger partial charge in [-0.05, 0) is 32.2 Å². The third-order valence-corrected chi connectivity index (χ3v) is 4.81. The zero-order chi connectivity index (χ0) is 14.8. The van der Waals surface area contributed by atoms with Crippen LogP contribution >= 0.6 is 22.7 Å². The smallest absolute Gasteiger partial charge is 0.315 e. The van der Waals surface area contributed by atoms with Crippen molar-refractivity contribution < 1.29 is 9.90 Å². The van der Waals surface area contributed by atoms with Crippen LogP contribution in [0, 0.1) is 0 Å². The van der Waals surface area contributed by atoms with Gasteiger partial charge in [-0.2, -0.15) is 0 Å². The van der Waals surface area contributed by atoms with Crippen molar-refractivity contribution >= 4 is 33.8 Å². The summed E-state index contributed by atoms with van der Waals surface area (Å²) in [6.45, 7) is 5.44. The Morgan fingerprint density at radius 3 is 2.85 bits per heavy atom. The predicted octanol–water partition coefficient (Wildman–Crippen LogP) is 3.61. The summed E-state index contributed by atoms with van der Waals surface area (Å²) in [5.41, 5.74) is -0.353. The maximum absolute atomic E-state index is 11.2. The van der Waals surface area contributed by atoms with E-state index in [4.69, 9.17) is 0 Å². The molecule has 0 amide bonds. The number of hydrogen-bond acceptors (Lipinski definition) is 5. The fourth-order valence-electron chi connectivity index (χ4n) is 1.73. The Bertz CT molecular complexity index is 576. The van der Waals surface area contributed by atoms with Gasteiger partial charge in [-0.25, -0.2) is 4.98 Å². The van der Waals surface area contributed by atoms with Crippen molar-refractivity contribution in [3.63, 3.8) is 0 Å². The molecule has 1 unspecified atom stereocenters. The molecule has 0 bridgehead atoms. The molecule has 0 saturated carbocycles. The average Bonchev–Trinajstić information content (AvgIpc) is 3.00. The molecule has 20 heavy (non-hydrogen) atoms. The number of rotatable bonds is 6. The molecule has 1 atom stereocenters. The number of carboxylic acids is 1. The number of nitrogens with zero attached hydrogens (tertiary/aromatic N) is 1. The minimum Gasteiger partial charge on any atom is -0.481 e. The summed E-state index contributed by atoms with van der Waals surface area (Å²) in [4.78, 5) is 16.9. The van der Waals surface area contributed by atoms with Gasteiger partial charge in [0, 0.05) is 22.7 Å². The van der Waals surface area contributed by atoms with Crippen LogP contribution in [0.4, 0.5) is 5.13 Å². The van der Waals surface area contributed by atoms with Crippen LogP contribution in [0.3, 0.4) is 0 Å². The van der Waals surface area contributed by atoms with Gasteiger partial charge in [0.1, 0.15) is 5.41 Å². The monoisotopic (exact) mass is 310 g/mol. The molecule has 108 valence electrons. The Hall–Kier alpha value is -1.40. The van der Waals surface area contributed by atoms with Crippen LogP contribution in [0.2, 0.25) is 0 Å². The first-order valence-corrected chi connectivity index (χ1v) is 8.14. The van der Waals surface area contributed by atoms with Gasteiger partial charge in [-0.1, -0.05) is 6.07 Å². The largest absolute Gasteiger partial charge is 0.481 e. The van der Waals surface area contributed by atoms with E-state index in [1.807, 2.05) is 11.4 Å². The van der Waals surface area contributed by atoms with Gasteiger partial charge in [0.15, 0.2) is 5.13 Å². The second kappa shape index (κ2) is 5.93. The molecule has 0 aliphatic heterocycles. The maximum Gasteiger partial charge on any atom is 0.315 e. The van der Waals surface area contributed by atoms with Crippen LogP contribution in [0.5, 0.6) is 0 Å². The first-order chi connectivity index (χ1) is 9.39. The van der Waals surface area contributed by atoms with E-state index in [-0.39, 0.29) is 6.04 Å². The Morgan fingerprint density at radius 2 is 2.25 bits per heavy atom. The lowest BCUT2D eigenvalue weighted by Gasteiger charge is -2.16. The summed E-state index contributed by atoms with van der Waals surface area (Å²) >= 11 is 3.19. The predicted molar refractivity (Wildman–Crippen MR) is 83.9 cm³/mol. The number of thiazole rings is 1. The normalized spacial score (nSPS) is 13.2. The zero-order valence-corrected chi connectivity index (χ0v) is 13.3. The summed E-state index contributed by atoms with van der Waals surface area (Å²) < 4.78 is 0. The van der Waals surface area contributed by atoms with Crippen LogP contribution in [-0.4, -0.2) is 22.1 Å². The molecule has 2 aromatic rings. The van der Waals surface area contributed by atoms with Gasteiger partial charge < -0.3 is 10.4 Å². The van der Waals surface area contributed by atoms with Crippen LogP contribution in [0.15, 0.2) is 22.9 Å². The summed E-state index contributed by atoms with van der Waals surface area (Å²) in [6.07, 6.45) is 0.939. The number of anilines is 1. The molecule has 2 N–H and O–H groups in total. The van der Waals surface area contributed by atoms with Crippen molar-refractivity contribution in [1.82, 2.24) is 4.98 Å². The second-order valence-electron chi connectivity index (χ2n) is 5.30. The molecule has 0 saturated heterocycles. The lowest BCUT2D eigenvalue weighted by atomic mass is 9.90. The van der Waals surface area contributed by atoms with Gasteiger partial charge in [0.2, 0.25) is 0 Å². The number of carboxylic acid groups (broad SMARTS) is 1. The van der Waals surface area contributed by atoms with E-state index < -0.39 is 11.4 Å². The molecule has 0 aliphatic rings. The summed E-state index contributed by atoms with van der Waals surface area (Å²) in [7, 11) is 0. The highest BCUT2D eigenvalue weighted by Gasteiger charge is 2.32. The van der Waals surface area contributed by atoms with E-state index >= 15 is 0 Å². The first-order valence-electron chi connectivity index (χ1n) is 6.38. The third-order valence-electron chi connectivity index (χ3n) is 3.14. The average molecular weight is 310 g/mol. The molecule has 2 heterocycles. The number of thiophene rings is 1. The molecule has 0 fully saturated rings. The lowest BCUT2D eigenvalue weighted by Crippen LogP contribution is -2.29. The molecule has 6 heteroatoms. The van der Waals surface area contributed by atoms with E-state index in [0.29, 0.717) is 5.69 Å². The van der Waals surface area contributed by atoms with Gasteiger partial charge in [-0.15, -0.1) is 22.7 Å². The number of nitrogens with one attached hydrogen (secondary N) is 1. The third kappa shape index (κ3) is 3.37. The molecule has 0 radical (unpaired) electrons. The van der Waals surface area contributed by atoms with Crippen LogP contribution in [0.1, 0.15) is 31.3 Å². The second-order valence-corrected chi connectivity index (χ2v) is 7.19. The highest BCUT2D eigenvalue weighted by atomic mass is 32.1. The Balaban J connectivity index is 2.01. The fraction of sp³-hybridized carbons (Fsp3) is 0.429. The molecule has 4 nitrogen and oxygen atoms in total. The van der Waals surface area contributed by atoms with Crippen molar-refractivity contribution in [1.29, 1.82) is 0 Å². The van der Waals surface area contributed by atoms with Gasteiger partial charge >= 0.3 is 5.97 Å². The van der Waals surface area contributed by atoms with Gasteiger partial charge in [0.05, 0.1) is 5.69 Å². The van der Waals surface area contributed by atoms with Crippen LogP contribution in [-0.2, 0) is 16.6 Å². The molecular formula is C14H18N2O2S2. The SMILES string of the molecule is CC(Cc1cccs1)Nc1nc(C(C)(C)C(=O)O)cs1. The van der Waals surface area contributed by atoms with Gasteiger partial charge in [0.25, 0.3) is 0 Å². The standard InChI is InChI=1S/C14H18N2O2S2/c1-9(7-10-5-4-6-19-10)15-13-16-11(8-20-13)14(2,3)12(17)18/h4-6,8-9H,7H2,1-3H3,(H,15,16)(H,17,18). The lowest BCUT2D eigenvalue weighted by molar-refractivity contribution is -0.142. The number of aromatic nitrogens is 1. The minimum atomic E-state index is -0.951. The van der Waals surface area contributed by atoms with E-state index in [9.17, 15) is 9.90 Å². The Labute approximate surface area is 126 Å². The zero-order valence-electron chi connectivity index (χ0n) is 11.7. The van der Waals surface area contributed by atoms with Crippen molar-refractivity contribution in [2.75, 3.05) is 5.32 Å². The van der Waals surface area contributed by atoms with Crippen LogP contribution in [0.25, 0.3) is 0 Å². The van der Waals surface area contributed by atoms with E-state index in [1.165, 1.54) is 16.2 Å². The molecule has 0 aliphatic carbocycles. The fourth-order valence-corrected chi connectivity index (χ4v) is 3.56. The van der Waals surface area contributed by atoms with Crippen molar-refractivity contribution in [2.45, 2.75) is 38.6 Å².